The van der Waals surface area contributed by atoms with Gasteiger partial charge in [-0.1, -0.05) is 0 Å². The van der Waals surface area contributed by atoms with E-state index in [0.717, 1.165) is 18.2 Å². The molecule has 0 aromatic heterocycles. The molecular weight excluding hydrogens is 285 g/mol. The van der Waals surface area contributed by atoms with Crippen LogP contribution in [0.1, 0.15) is 0 Å². The molecule has 0 saturated carbocycles. The van der Waals surface area contributed by atoms with Crippen LogP contribution in [-0.4, -0.2) is 34.6 Å². The molecule has 0 heterocycles. The minimum absolute atomic E-state index is 0.167. The van der Waals surface area contributed by atoms with Gasteiger partial charge in [-0.3, -0.25) is 0 Å². The van der Waals surface area contributed by atoms with Crippen LogP contribution in [0, 0.1) is 5.82 Å². The van der Waals surface area contributed by atoms with Gasteiger partial charge in [-0.2, -0.15) is 0 Å². The van der Waals surface area contributed by atoms with Gasteiger partial charge >= 0.3 is 0 Å². The van der Waals surface area contributed by atoms with Crippen molar-refractivity contribution in [3.8, 4) is 0 Å². The number of nitrogens with two attached hydrogens (primary N) is 1. The zero-order chi connectivity index (χ0) is 14.5. The number of hydrogen-bond donors (Lipinski definition) is 2. The lowest BCUT2D eigenvalue weighted by atomic mass is 10.3. The Balaban J connectivity index is 2.54. The molecule has 0 saturated heterocycles. The molecule has 0 aliphatic rings. The maximum absolute atomic E-state index is 13.1. The van der Waals surface area contributed by atoms with Gasteiger partial charge in [-0.15, -0.1) is 0 Å². The van der Waals surface area contributed by atoms with E-state index in [-0.39, 0.29) is 23.7 Å². The Morgan fingerprint density at radius 1 is 1.37 bits per heavy atom. The molecule has 1 rings (SSSR count). The summed E-state index contributed by atoms with van der Waals surface area (Å²) in [6.45, 7) is -1.17. The first-order valence-corrected chi connectivity index (χ1v) is 6.72. The van der Waals surface area contributed by atoms with E-state index in [4.69, 9.17) is 5.73 Å². The molecule has 0 unspecified atom stereocenters. The van der Waals surface area contributed by atoms with E-state index in [1.807, 2.05) is 0 Å². The van der Waals surface area contributed by atoms with Crippen LogP contribution in [0.25, 0.3) is 0 Å². The predicted molar refractivity (Wildman–Crippen MR) is 62.8 cm³/mol. The van der Waals surface area contributed by atoms with Gasteiger partial charge in [0.15, 0.2) is 0 Å². The molecule has 19 heavy (non-hydrogen) atoms. The fourth-order valence-electron chi connectivity index (χ4n) is 1.18. The highest BCUT2D eigenvalue weighted by molar-refractivity contribution is 7.89. The van der Waals surface area contributed by atoms with E-state index in [1.165, 1.54) is 0 Å². The first-order valence-electron chi connectivity index (χ1n) is 5.23. The van der Waals surface area contributed by atoms with Gasteiger partial charge in [-0.25, -0.2) is 26.3 Å². The third kappa shape index (κ3) is 5.05. The standard InChI is InChI=1S/C10H13F3N2O3S/c11-8-5-7(1-2-9(8)14)19(16,17)15-3-4-18-6-10(12)13/h1-2,5,10,15H,3-4,6,14H2. The first-order chi connectivity index (χ1) is 8.83. The fraction of sp³-hybridized carbons (Fsp3) is 0.400. The van der Waals surface area contributed by atoms with Gasteiger partial charge in [0.25, 0.3) is 6.43 Å². The van der Waals surface area contributed by atoms with Crippen LogP contribution in [0.5, 0.6) is 0 Å². The Labute approximate surface area is 108 Å². The first kappa shape index (κ1) is 15.7. The molecule has 0 aliphatic carbocycles. The minimum atomic E-state index is -3.91. The second-order valence-corrected chi connectivity index (χ2v) is 5.31. The van der Waals surface area contributed by atoms with Crippen LogP contribution < -0.4 is 10.5 Å². The van der Waals surface area contributed by atoms with Crippen molar-refractivity contribution in [1.29, 1.82) is 0 Å². The summed E-state index contributed by atoms with van der Waals surface area (Å²) in [6, 6.07) is 3.04. The number of nitrogens with one attached hydrogen (secondary N) is 1. The van der Waals surface area contributed by atoms with Crippen molar-refractivity contribution in [2.75, 3.05) is 25.5 Å². The minimum Gasteiger partial charge on any atom is -0.396 e. The quantitative estimate of drug-likeness (QED) is 0.580. The van der Waals surface area contributed by atoms with Gasteiger partial charge in [0.05, 0.1) is 17.2 Å². The molecule has 5 nitrogen and oxygen atoms in total. The van der Waals surface area contributed by atoms with Crippen molar-refractivity contribution in [3.05, 3.63) is 24.0 Å². The number of nitrogen functional groups attached to an aromatic ring is 1. The molecule has 1 aromatic rings. The SMILES string of the molecule is Nc1ccc(S(=O)(=O)NCCOCC(F)F)cc1F. The molecule has 1 aromatic carbocycles. The lowest BCUT2D eigenvalue weighted by Crippen LogP contribution is -2.28. The second kappa shape index (κ2) is 6.73. The molecular formula is C10H13F3N2O3S. The summed E-state index contributed by atoms with van der Waals surface area (Å²) in [6.07, 6.45) is -2.61. The highest BCUT2D eigenvalue weighted by Crippen LogP contribution is 2.15. The zero-order valence-corrected chi connectivity index (χ0v) is 10.6. The summed E-state index contributed by atoms with van der Waals surface area (Å²) in [7, 11) is -3.91. The average Bonchev–Trinajstić information content (AvgIpc) is 2.31. The predicted octanol–water partition coefficient (Wildman–Crippen LogP) is 0.968. The van der Waals surface area contributed by atoms with E-state index >= 15 is 0 Å². The monoisotopic (exact) mass is 298 g/mol. The Morgan fingerprint density at radius 2 is 2.05 bits per heavy atom. The molecule has 9 heteroatoms. The van der Waals surface area contributed by atoms with E-state index in [2.05, 4.69) is 9.46 Å². The van der Waals surface area contributed by atoms with Crippen molar-refractivity contribution < 1.29 is 26.3 Å². The van der Waals surface area contributed by atoms with Crippen LogP contribution in [0.15, 0.2) is 23.1 Å². The van der Waals surface area contributed by atoms with Gasteiger partial charge < -0.3 is 10.5 Å². The summed E-state index contributed by atoms with van der Waals surface area (Å²) >= 11 is 0. The lowest BCUT2D eigenvalue weighted by molar-refractivity contribution is 0.0199. The lowest BCUT2D eigenvalue weighted by Gasteiger charge is -2.08. The van der Waals surface area contributed by atoms with Gasteiger partial charge in [-0.05, 0) is 18.2 Å². The molecule has 0 atom stereocenters. The summed E-state index contributed by atoms with van der Waals surface area (Å²) in [5.41, 5.74) is 5.05. The largest absolute Gasteiger partial charge is 0.396 e. The summed E-state index contributed by atoms with van der Waals surface area (Å²) in [4.78, 5) is -0.298. The second-order valence-electron chi connectivity index (χ2n) is 3.55. The van der Waals surface area contributed by atoms with Crippen molar-refractivity contribution in [2.24, 2.45) is 0 Å². The molecule has 0 spiro atoms. The number of ether oxygens (including phenoxy) is 1. The van der Waals surface area contributed by atoms with Crippen molar-refractivity contribution >= 4 is 15.7 Å². The van der Waals surface area contributed by atoms with Crippen LogP contribution in [0.2, 0.25) is 0 Å². The summed E-state index contributed by atoms with van der Waals surface area (Å²) in [5, 5.41) is 0. The number of alkyl halides is 2. The third-order valence-corrected chi connectivity index (χ3v) is 3.52. The van der Waals surface area contributed by atoms with Crippen LogP contribution in [0.3, 0.4) is 0 Å². The van der Waals surface area contributed by atoms with E-state index < -0.39 is 28.9 Å². The average molecular weight is 298 g/mol. The number of hydrogen-bond acceptors (Lipinski definition) is 4. The third-order valence-electron chi connectivity index (χ3n) is 2.06. The normalized spacial score (nSPS) is 12.0. The van der Waals surface area contributed by atoms with Crippen molar-refractivity contribution in [1.82, 2.24) is 4.72 Å². The number of sulfonamides is 1. The van der Waals surface area contributed by atoms with Crippen LogP contribution in [-0.2, 0) is 14.8 Å². The van der Waals surface area contributed by atoms with E-state index in [1.54, 1.807) is 0 Å². The number of rotatable bonds is 7. The van der Waals surface area contributed by atoms with Crippen molar-refractivity contribution in [2.45, 2.75) is 11.3 Å². The van der Waals surface area contributed by atoms with Gasteiger partial charge in [0, 0.05) is 6.54 Å². The van der Waals surface area contributed by atoms with E-state index in [0.29, 0.717) is 0 Å². The highest BCUT2D eigenvalue weighted by atomic mass is 32.2. The molecule has 3 N–H and O–H groups in total. The maximum atomic E-state index is 13.1. The zero-order valence-electron chi connectivity index (χ0n) is 9.77. The molecule has 108 valence electrons. The Kier molecular flexibility index (Phi) is 5.58. The molecule has 0 aliphatic heterocycles. The number of halogens is 3. The molecule has 0 bridgehead atoms. The molecule has 0 amide bonds. The van der Waals surface area contributed by atoms with Crippen LogP contribution >= 0.6 is 0 Å². The Bertz CT molecular complexity index is 523. The summed E-state index contributed by atoms with van der Waals surface area (Å²) < 4.78 is 66.5. The molecule has 0 radical (unpaired) electrons. The van der Waals surface area contributed by atoms with Crippen LogP contribution in [0.4, 0.5) is 18.9 Å². The van der Waals surface area contributed by atoms with Gasteiger partial charge in [0.2, 0.25) is 10.0 Å². The summed E-state index contributed by atoms with van der Waals surface area (Å²) in [5.74, 6) is -0.850. The maximum Gasteiger partial charge on any atom is 0.261 e. The van der Waals surface area contributed by atoms with E-state index in [9.17, 15) is 21.6 Å². The number of anilines is 1. The molecule has 0 fully saturated rings. The Morgan fingerprint density at radius 3 is 2.63 bits per heavy atom. The topological polar surface area (TPSA) is 81.4 Å². The smallest absolute Gasteiger partial charge is 0.261 e. The fourth-order valence-corrected chi connectivity index (χ4v) is 2.20. The van der Waals surface area contributed by atoms with Crippen molar-refractivity contribution in [3.63, 3.8) is 0 Å². The number of benzene rings is 1. The van der Waals surface area contributed by atoms with Gasteiger partial charge in [0.1, 0.15) is 12.4 Å². The highest BCUT2D eigenvalue weighted by Gasteiger charge is 2.15. The Hall–Kier alpha value is -1.32.